The number of imidazole rings is 1. The zero-order valence-corrected chi connectivity index (χ0v) is 29.6. The molecule has 55 heavy (non-hydrogen) atoms. The molecule has 11 N–H and O–H groups in total. The first-order chi connectivity index (χ1) is 26.2. The van der Waals surface area contributed by atoms with Gasteiger partial charge in [-0.2, -0.15) is 0 Å². The summed E-state index contributed by atoms with van der Waals surface area (Å²) in [4.78, 5) is 96.6. The highest BCUT2D eigenvalue weighted by Crippen LogP contribution is 2.20. The zero-order chi connectivity index (χ0) is 40.1. The number of carboxylic acids is 2. The van der Waals surface area contributed by atoms with E-state index in [4.69, 9.17) is 9.90 Å². The van der Waals surface area contributed by atoms with Gasteiger partial charge < -0.3 is 57.0 Å². The minimum atomic E-state index is -1.60. The molecule has 0 unspecified atom stereocenters. The molecule has 4 aromatic rings. The van der Waals surface area contributed by atoms with Crippen molar-refractivity contribution in [1.29, 1.82) is 0 Å². The SMILES string of the molecule is CC(=O)O.O=C1CC[C@@H](C(=O)N[C@@H](Cc2cnc[nH]2)C(=O)N[C@@H](Cc2c[nH]c3ccccc23)C(=O)N[C@@H](CO)C(=O)N[C@@H](Cc2ccc(O)cc2)C(=O)O)N1. The van der Waals surface area contributed by atoms with Crippen LogP contribution in [0.2, 0.25) is 0 Å². The minimum Gasteiger partial charge on any atom is -0.508 e. The second-order valence-corrected chi connectivity index (χ2v) is 12.7. The molecule has 0 aliphatic carbocycles. The van der Waals surface area contributed by atoms with Crippen molar-refractivity contribution in [1.82, 2.24) is 41.5 Å². The summed E-state index contributed by atoms with van der Waals surface area (Å²) in [5.74, 6) is -5.73. The van der Waals surface area contributed by atoms with Crippen molar-refractivity contribution >= 4 is 52.4 Å². The van der Waals surface area contributed by atoms with E-state index in [-0.39, 0.29) is 43.8 Å². The second-order valence-electron chi connectivity index (χ2n) is 12.7. The Balaban J connectivity index is 0.00000160. The molecule has 5 amide bonds. The topological polar surface area (TPSA) is 305 Å². The van der Waals surface area contributed by atoms with Crippen LogP contribution in [0.25, 0.3) is 10.9 Å². The van der Waals surface area contributed by atoms with E-state index in [9.17, 15) is 44.1 Å². The first-order valence-electron chi connectivity index (χ1n) is 17.1. The molecule has 1 fully saturated rings. The molecule has 19 nitrogen and oxygen atoms in total. The number of carbonyl (C=O) groups is 7. The van der Waals surface area contributed by atoms with Gasteiger partial charge in [-0.05, 0) is 35.7 Å². The van der Waals surface area contributed by atoms with Gasteiger partial charge in [0.05, 0.1) is 12.9 Å². The third-order valence-electron chi connectivity index (χ3n) is 8.46. The summed E-state index contributed by atoms with van der Waals surface area (Å²) in [6.07, 6.45) is 4.67. The van der Waals surface area contributed by atoms with Crippen LogP contribution in [0.4, 0.5) is 0 Å². The van der Waals surface area contributed by atoms with Gasteiger partial charge in [0.15, 0.2) is 0 Å². The Morgan fingerprint density at radius 1 is 0.818 bits per heavy atom. The van der Waals surface area contributed by atoms with Crippen molar-refractivity contribution in [2.75, 3.05) is 6.61 Å². The Hall–Kier alpha value is -6.76. The number of H-pyrrole nitrogens is 2. The van der Waals surface area contributed by atoms with Crippen molar-refractivity contribution in [3.63, 3.8) is 0 Å². The summed E-state index contributed by atoms with van der Waals surface area (Å²) in [7, 11) is 0. The summed E-state index contributed by atoms with van der Waals surface area (Å²) in [5.41, 5.74) is 2.40. The molecule has 1 aliphatic rings. The number of phenols is 1. The first kappa shape index (κ1) is 41.0. The fourth-order valence-corrected chi connectivity index (χ4v) is 5.72. The molecular formula is C36H42N8O11. The largest absolute Gasteiger partial charge is 0.508 e. The summed E-state index contributed by atoms with van der Waals surface area (Å²) < 4.78 is 0. The fraction of sp³-hybridized carbons (Fsp3) is 0.333. The van der Waals surface area contributed by atoms with E-state index in [1.54, 1.807) is 12.3 Å². The number of carbonyl (C=O) groups excluding carboxylic acids is 5. The Morgan fingerprint density at radius 2 is 1.44 bits per heavy atom. The number of hydrogen-bond donors (Lipinski definition) is 11. The average molecular weight is 763 g/mol. The van der Waals surface area contributed by atoms with Crippen molar-refractivity contribution in [3.8, 4) is 5.75 Å². The van der Waals surface area contributed by atoms with Crippen LogP contribution in [-0.2, 0) is 52.8 Å². The lowest BCUT2D eigenvalue weighted by molar-refractivity contribution is -0.142. The van der Waals surface area contributed by atoms with Crippen LogP contribution in [-0.4, -0.2) is 114 Å². The number of phenolic OH excluding ortho intramolecular Hbond substituents is 1. The molecule has 0 bridgehead atoms. The molecule has 2 aromatic carbocycles. The van der Waals surface area contributed by atoms with E-state index >= 15 is 0 Å². The Kier molecular flexibility index (Phi) is 14.4. The molecule has 5 rings (SSSR count). The highest BCUT2D eigenvalue weighted by atomic mass is 16.4. The van der Waals surface area contributed by atoms with Gasteiger partial charge in [-0.1, -0.05) is 30.3 Å². The number of aromatic nitrogens is 3. The quantitative estimate of drug-likeness (QED) is 0.0656. The van der Waals surface area contributed by atoms with Gasteiger partial charge in [0, 0.05) is 61.6 Å². The van der Waals surface area contributed by atoms with Gasteiger partial charge in [-0.15, -0.1) is 0 Å². The Morgan fingerprint density at radius 3 is 2.04 bits per heavy atom. The van der Waals surface area contributed by atoms with Crippen molar-refractivity contribution in [2.24, 2.45) is 0 Å². The molecule has 1 saturated heterocycles. The van der Waals surface area contributed by atoms with Crippen LogP contribution in [0, 0.1) is 0 Å². The molecule has 3 heterocycles. The lowest BCUT2D eigenvalue weighted by Crippen LogP contribution is -2.60. The smallest absolute Gasteiger partial charge is 0.326 e. The third-order valence-corrected chi connectivity index (χ3v) is 8.46. The standard InChI is InChI=1S/C34H38N8O9.C2H4O2/c43-16-28(33(49)41-27(34(50)51)11-18-5-7-21(44)8-6-18)42-31(47)25(12-19-14-36-23-4-2-1-3-22(19)23)39-32(48)26(13-20-15-35-17-37-20)40-30(46)24-9-10-29(45)38-24;1-2(3)4/h1-8,14-15,17,24-28,36,43-44H,9-13,16H2,(H,35,37)(H,38,45)(H,39,48)(H,40,46)(H,41,49)(H,42,47)(H,50,51);1H3,(H,3,4)/t24-,25-,26-,27-,28-;/m0./s1. The number of nitrogens with zero attached hydrogens (tertiary/aromatic N) is 1. The van der Waals surface area contributed by atoms with E-state index < -0.39 is 72.4 Å². The van der Waals surface area contributed by atoms with Gasteiger partial charge in [-0.25, -0.2) is 9.78 Å². The monoisotopic (exact) mass is 762 g/mol. The highest BCUT2D eigenvalue weighted by Gasteiger charge is 2.34. The van der Waals surface area contributed by atoms with Crippen LogP contribution < -0.4 is 26.6 Å². The highest BCUT2D eigenvalue weighted by molar-refractivity contribution is 5.97. The van der Waals surface area contributed by atoms with Crippen LogP contribution >= 0.6 is 0 Å². The average Bonchev–Trinajstić information content (AvgIpc) is 3.92. The maximum Gasteiger partial charge on any atom is 0.326 e. The van der Waals surface area contributed by atoms with Crippen LogP contribution in [0.5, 0.6) is 5.75 Å². The van der Waals surface area contributed by atoms with E-state index in [1.165, 1.54) is 36.8 Å². The lowest BCUT2D eigenvalue weighted by Gasteiger charge is -2.26. The number of amides is 5. The Labute approximate surface area is 313 Å². The summed E-state index contributed by atoms with van der Waals surface area (Å²) >= 11 is 0. The number of aromatic amines is 2. The molecule has 2 aromatic heterocycles. The first-order valence-corrected chi connectivity index (χ1v) is 17.1. The lowest BCUT2D eigenvalue weighted by atomic mass is 10.0. The number of benzene rings is 2. The van der Waals surface area contributed by atoms with Gasteiger partial charge >= 0.3 is 5.97 Å². The van der Waals surface area contributed by atoms with Crippen LogP contribution in [0.1, 0.15) is 36.6 Å². The maximum atomic E-state index is 13.9. The number of rotatable bonds is 16. The minimum absolute atomic E-state index is 0.0238. The van der Waals surface area contributed by atoms with Gasteiger partial charge in [0.2, 0.25) is 29.5 Å². The van der Waals surface area contributed by atoms with Gasteiger partial charge in [0.25, 0.3) is 5.97 Å². The number of aliphatic hydroxyl groups excluding tert-OH is 1. The van der Waals surface area contributed by atoms with Gasteiger partial charge in [-0.3, -0.25) is 28.8 Å². The molecule has 19 heteroatoms. The second kappa shape index (κ2) is 19.4. The van der Waals surface area contributed by atoms with Crippen molar-refractivity contribution < 1.29 is 54.0 Å². The summed E-state index contributed by atoms with van der Waals surface area (Å²) in [5, 5.41) is 50.2. The maximum absolute atomic E-state index is 13.9. The Bertz CT molecular complexity index is 1980. The number of hydrogen-bond acceptors (Lipinski definition) is 10. The molecule has 1 aliphatic heterocycles. The van der Waals surface area contributed by atoms with Crippen molar-refractivity contribution in [3.05, 3.63) is 84.1 Å². The summed E-state index contributed by atoms with van der Waals surface area (Å²) in [6, 6.07) is 6.53. The van der Waals surface area contributed by atoms with E-state index in [0.29, 0.717) is 16.8 Å². The normalized spacial score (nSPS) is 15.6. The van der Waals surface area contributed by atoms with E-state index in [2.05, 4.69) is 41.5 Å². The number of fused-ring (bicyclic) bond motifs is 1. The van der Waals surface area contributed by atoms with Gasteiger partial charge in [0.1, 0.15) is 36.0 Å². The fourth-order valence-electron chi connectivity index (χ4n) is 5.72. The molecular weight excluding hydrogens is 720 g/mol. The predicted octanol–water partition coefficient (Wildman–Crippen LogP) is -0.990. The van der Waals surface area contributed by atoms with Crippen LogP contribution in [0.3, 0.4) is 0 Å². The molecule has 0 saturated carbocycles. The predicted molar refractivity (Wildman–Crippen MR) is 193 cm³/mol. The van der Waals surface area contributed by atoms with E-state index in [1.807, 2.05) is 18.2 Å². The van der Waals surface area contributed by atoms with Crippen molar-refractivity contribution in [2.45, 2.75) is 69.2 Å². The molecule has 5 atom stereocenters. The molecule has 0 radical (unpaired) electrons. The number of nitrogens with one attached hydrogen (secondary N) is 7. The van der Waals surface area contributed by atoms with E-state index in [0.717, 1.165) is 17.8 Å². The van der Waals surface area contributed by atoms with Crippen LogP contribution in [0.15, 0.2) is 67.3 Å². The number of carboxylic acid groups (broad SMARTS) is 2. The number of aliphatic carboxylic acids is 2. The molecule has 292 valence electrons. The zero-order valence-electron chi connectivity index (χ0n) is 29.6. The summed E-state index contributed by atoms with van der Waals surface area (Å²) in [6.45, 7) is 0.183. The third kappa shape index (κ3) is 12.1. The number of aromatic hydroxyl groups is 1. The number of para-hydroxylation sites is 1. The molecule has 0 spiro atoms. The number of aliphatic hydroxyl groups is 1.